The fraction of sp³-hybridized carbons (Fsp3) is 0.235. The van der Waals surface area contributed by atoms with Crippen LogP contribution in [0, 0.1) is 0 Å². The lowest BCUT2D eigenvalue weighted by molar-refractivity contribution is 0.165. The van der Waals surface area contributed by atoms with Crippen molar-refractivity contribution in [2.45, 2.75) is 47.8 Å². The van der Waals surface area contributed by atoms with Gasteiger partial charge >= 0.3 is 24.4 Å². The molecule has 16 nitrogen and oxygen atoms in total. The summed E-state index contributed by atoms with van der Waals surface area (Å²) >= 11 is 0. The number of ether oxygens (including phenoxy) is 8. The lowest BCUT2D eigenvalue weighted by Gasteiger charge is -2.54. The molecule has 8 atom stereocenters. The Morgan fingerprint density at radius 1 is 0.262 bits per heavy atom. The molecule has 0 aromatic heterocycles. The van der Waals surface area contributed by atoms with Crippen molar-refractivity contribution in [3.8, 4) is 23.0 Å². The number of anilines is 4. The molecule has 0 aliphatic carbocycles. The van der Waals surface area contributed by atoms with Gasteiger partial charge in [0.25, 0.3) is 0 Å². The molecule has 4 aliphatic heterocycles. The molecule has 4 heterocycles. The Bertz CT molecular complexity index is 3210. The van der Waals surface area contributed by atoms with Gasteiger partial charge in [0.15, 0.2) is 0 Å². The smallest absolute Gasteiger partial charge is 0.414 e. The van der Waals surface area contributed by atoms with Crippen LogP contribution >= 0.6 is 0 Å². The van der Waals surface area contributed by atoms with Gasteiger partial charge in [0.2, 0.25) is 0 Å². The summed E-state index contributed by atoms with van der Waals surface area (Å²) in [7, 11) is 12.1. The minimum absolute atomic E-state index is 0.253. The molecule has 4 aliphatic rings. The number of benzene rings is 8. The number of carbonyl (C=O) groups is 4. The summed E-state index contributed by atoms with van der Waals surface area (Å²) in [6, 6.07) is 60.7. The Morgan fingerprint density at radius 2 is 0.440 bits per heavy atom. The Balaban J connectivity index is 0.000000175. The maximum atomic E-state index is 13.6. The van der Waals surface area contributed by atoms with Gasteiger partial charge in [-0.15, -0.1) is 0 Å². The molecule has 0 fully saturated rings. The number of rotatable bonds is 8. The zero-order valence-corrected chi connectivity index (χ0v) is 47.8. The van der Waals surface area contributed by atoms with Gasteiger partial charge in [0.1, 0.15) is 23.0 Å². The van der Waals surface area contributed by atoms with E-state index in [1.807, 2.05) is 194 Å². The zero-order valence-electron chi connectivity index (χ0n) is 47.8. The summed E-state index contributed by atoms with van der Waals surface area (Å²) in [4.78, 5) is 61.6. The molecule has 428 valence electrons. The topological polar surface area (TPSA) is 155 Å². The molecule has 12 rings (SSSR count). The van der Waals surface area contributed by atoms with Crippen molar-refractivity contribution >= 4 is 47.1 Å². The minimum atomic E-state index is -0.462. The molecule has 0 spiro atoms. The van der Waals surface area contributed by atoms with E-state index >= 15 is 0 Å². The van der Waals surface area contributed by atoms with Crippen LogP contribution in [0.2, 0.25) is 0 Å². The van der Waals surface area contributed by atoms with Crippen molar-refractivity contribution in [1.29, 1.82) is 0 Å². The monoisotopic (exact) mass is 1130 g/mol. The predicted molar refractivity (Wildman–Crippen MR) is 319 cm³/mol. The summed E-state index contributed by atoms with van der Waals surface area (Å²) < 4.78 is 43.3. The van der Waals surface area contributed by atoms with Gasteiger partial charge in [-0.25, -0.2) is 19.2 Å². The van der Waals surface area contributed by atoms with Crippen LogP contribution in [-0.2, 0) is 18.9 Å². The second-order valence-electron chi connectivity index (χ2n) is 20.6. The number of fused-ring (bicyclic) bond motifs is 10. The van der Waals surface area contributed by atoms with Gasteiger partial charge in [-0.1, -0.05) is 121 Å². The van der Waals surface area contributed by atoms with Gasteiger partial charge in [0, 0.05) is 23.7 Å². The third-order valence-corrected chi connectivity index (χ3v) is 16.8. The second kappa shape index (κ2) is 23.9. The van der Waals surface area contributed by atoms with Crippen LogP contribution in [0.15, 0.2) is 194 Å². The first-order valence-corrected chi connectivity index (χ1v) is 27.4. The Labute approximate surface area is 488 Å². The Morgan fingerprint density at radius 3 is 0.607 bits per heavy atom. The highest BCUT2D eigenvalue weighted by atomic mass is 16.6. The van der Waals surface area contributed by atoms with E-state index in [1.54, 1.807) is 48.0 Å². The van der Waals surface area contributed by atoms with E-state index in [9.17, 15) is 19.2 Å². The standard InChI is InChI=1S/2C34H32N2O6/c2*1-39-23-17-13-21(14-18-23)31-29-25-9-5-8-12-28(25)36(34(38)42-4)32(22-15-19-24(40-2)20-16-22)30(29)26-10-6-7-11-27(26)35(31)33(37)41-3/h2*5-20,29-32H,1-4H3/t2*29-,30+,31+,32-. The maximum absolute atomic E-state index is 13.6. The Hall–Kier alpha value is -9.96. The molecule has 0 N–H and O–H groups in total. The van der Waals surface area contributed by atoms with Crippen molar-refractivity contribution in [3.05, 3.63) is 239 Å². The molecular weight excluding hydrogens is 1060 g/mol. The molecular formula is C68H64N4O12. The summed E-state index contributed by atoms with van der Waals surface area (Å²) in [6.45, 7) is 0. The van der Waals surface area contributed by atoms with Gasteiger partial charge in [-0.2, -0.15) is 0 Å². The number of carbonyl (C=O) groups excluding carboxylic acids is 4. The average molecular weight is 1130 g/mol. The van der Waals surface area contributed by atoms with Crippen molar-refractivity contribution in [2.24, 2.45) is 0 Å². The third kappa shape index (κ3) is 9.66. The highest BCUT2D eigenvalue weighted by Gasteiger charge is 2.56. The van der Waals surface area contributed by atoms with Crippen molar-refractivity contribution < 1.29 is 57.1 Å². The average Bonchev–Trinajstić information content (AvgIpc) is 0.787. The molecule has 4 amide bonds. The van der Waals surface area contributed by atoms with Crippen molar-refractivity contribution in [3.63, 3.8) is 0 Å². The number of hydrogen-bond donors (Lipinski definition) is 0. The normalized spacial score (nSPS) is 20.5. The number of methoxy groups -OCH3 is 8. The molecule has 84 heavy (non-hydrogen) atoms. The van der Waals surface area contributed by atoms with Crippen LogP contribution in [-0.4, -0.2) is 81.3 Å². The lowest BCUT2D eigenvalue weighted by atomic mass is 9.64. The lowest BCUT2D eigenvalue weighted by Crippen LogP contribution is -2.51. The molecule has 8 aromatic carbocycles. The molecule has 0 saturated carbocycles. The predicted octanol–water partition coefficient (Wildman–Crippen LogP) is 14.5. The largest absolute Gasteiger partial charge is 0.497 e. The highest BCUT2D eigenvalue weighted by Crippen LogP contribution is 2.65. The first-order chi connectivity index (χ1) is 41.0. The molecule has 0 saturated heterocycles. The van der Waals surface area contributed by atoms with Gasteiger partial charge in [-0.05, 0) is 117 Å². The fourth-order valence-electron chi connectivity index (χ4n) is 13.3. The van der Waals surface area contributed by atoms with Gasteiger partial charge in [0.05, 0.1) is 104 Å². The highest BCUT2D eigenvalue weighted by molar-refractivity contribution is 5.97. The van der Waals surface area contributed by atoms with E-state index < -0.39 is 48.5 Å². The number of hydrogen-bond acceptors (Lipinski definition) is 12. The van der Waals surface area contributed by atoms with E-state index in [0.29, 0.717) is 23.0 Å². The second-order valence-corrected chi connectivity index (χ2v) is 20.6. The SMILES string of the molecule is COC(=O)N1c2ccccc2[C@@H]2[C@H](c3ccccc3N(C(=O)OC)[C@H]2c2ccc(OC)cc2)[C@H]1c1ccc(OC)cc1.COC(=O)N1c2ccccc2[C@@H]2[C@H](c3ccccc3N(C(=O)OC)[C@H]2c2ccc(OC)cc2)[C@H]1c1ccc(OC)cc1. The van der Waals surface area contributed by atoms with E-state index in [-0.39, 0.29) is 23.7 Å². The van der Waals surface area contributed by atoms with E-state index in [2.05, 4.69) is 0 Å². The van der Waals surface area contributed by atoms with Crippen LogP contribution < -0.4 is 38.5 Å². The third-order valence-electron chi connectivity index (χ3n) is 16.8. The van der Waals surface area contributed by atoms with Gasteiger partial charge < -0.3 is 37.9 Å². The number of amides is 4. The van der Waals surface area contributed by atoms with Crippen LogP contribution in [0.3, 0.4) is 0 Å². The van der Waals surface area contributed by atoms with Crippen LogP contribution in [0.4, 0.5) is 41.9 Å². The minimum Gasteiger partial charge on any atom is -0.497 e. The van der Waals surface area contributed by atoms with E-state index in [0.717, 1.165) is 67.3 Å². The quantitative estimate of drug-likeness (QED) is 0.133. The maximum Gasteiger partial charge on any atom is 0.414 e. The van der Waals surface area contributed by atoms with Crippen LogP contribution in [0.5, 0.6) is 23.0 Å². The Kier molecular flexibility index (Phi) is 15.9. The summed E-state index contributed by atoms with van der Waals surface area (Å²) in [5, 5.41) is 0. The van der Waals surface area contributed by atoms with Crippen molar-refractivity contribution in [1.82, 2.24) is 0 Å². The first-order valence-electron chi connectivity index (χ1n) is 27.4. The van der Waals surface area contributed by atoms with Gasteiger partial charge in [-0.3, -0.25) is 19.6 Å². The zero-order chi connectivity index (χ0) is 58.8. The summed E-state index contributed by atoms with van der Waals surface area (Å²) in [6.07, 6.45) is -1.85. The van der Waals surface area contributed by atoms with E-state index in [4.69, 9.17) is 37.9 Å². The number of para-hydroxylation sites is 4. The number of nitrogens with zero attached hydrogens (tertiary/aromatic N) is 4. The van der Waals surface area contributed by atoms with E-state index in [1.165, 1.54) is 28.4 Å². The summed E-state index contributed by atoms with van der Waals surface area (Å²) in [5.74, 6) is 1.85. The molecule has 8 aromatic rings. The molecule has 16 heteroatoms. The molecule has 0 unspecified atom stereocenters. The first kappa shape index (κ1) is 55.9. The van der Waals surface area contributed by atoms with Crippen LogP contribution in [0.1, 0.15) is 92.3 Å². The van der Waals surface area contributed by atoms with Crippen LogP contribution in [0.25, 0.3) is 0 Å². The molecule has 0 bridgehead atoms. The fourth-order valence-corrected chi connectivity index (χ4v) is 13.3. The van der Waals surface area contributed by atoms with Crippen molar-refractivity contribution in [2.75, 3.05) is 76.5 Å². The summed E-state index contributed by atoms with van der Waals surface area (Å²) in [5.41, 5.74) is 10.3. The molecule has 0 radical (unpaired) electrons.